The number of benzene rings is 1. The van der Waals surface area contributed by atoms with Crippen molar-refractivity contribution in [1.82, 2.24) is 4.98 Å². The Hall–Kier alpha value is -1.58. The first-order valence-electron chi connectivity index (χ1n) is 5.22. The van der Waals surface area contributed by atoms with Crippen molar-refractivity contribution in [3.05, 3.63) is 53.2 Å². The second-order valence-corrected chi connectivity index (χ2v) is 4.10. The van der Waals surface area contributed by atoms with Crippen molar-refractivity contribution in [2.45, 2.75) is 13.0 Å². The Morgan fingerprint density at radius 1 is 1.29 bits per heavy atom. The monoisotopic (exact) mass is 249 g/mol. The van der Waals surface area contributed by atoms with Crippen molar-refractivity contribution in [1.29, 1.82) is 0 Å². The molecule has 1 heterocycles. The fraction of sp³-hybridized carbons (Fsp3) is 0.154. The first-order valence-corrected chi connectivity index (χ1v) is 5.60. The van der Waals surface area contributed by atoms with Gasteiger partial charge in [-0.15, -0.1) is 0 Å². The van der Waals surface area contributed by atoms with Crippen molar-refractivity contribution in [3.8, 4) is 11.6 Å². The van der Waals surface area contributed by atoms with E-state index >= 15 is 0 Å². The molecular weight excluding hydrogens is 238 g/mol. The largest absolute Gasteiger partial charge is 0.439 e. The average Bonchev–Trinajstić information content (AvgIpc) is 2.29. The number of aromatic nitrogens is 1. The SMILES string of the molecule is CC(O)c1ccnc(Oc2cccc(Cl)c2)c1. The summed E-state index contributed by atoms with van der Waals surface area (Å²) in [5.74, 6) is 1.05. The topological polar surface area (TPSA) is 42.4 Å². The summed E-state index contributed by atoms with van der Waals surface area (Å²) in [7, 11) is 0. The summed E-state index contributed by atoms with van der Waals surface area (Å²) in [6, 6.07) is 10.5. The van der Waals surface area contributed by atoms with Gasteiger partial charge in [0.2, 0.25) is 5.88 Å². The Morgan fingerprint density at radius 3 is 2.82 bits per heavy atom. The van der Waals surface area contributed by atoms with E-state index in [9.17, 15) is 5.11 Å². The zero-order valence-corrected chi connectivity index (χ0v) is 10.1. The second-order valence-electron chi connectivity index (χ2n) is 3.66. The molecule has 1 unspecified atom stereocenters. The van der Waals surface area contributed by atoms with Crippen LogP contribution in [-0.4, -0.2) is 10.1 Å². The van der Waals surface area contributed by atoms with Crippen LogP contribution in [0.25, 0.3) is 0 Å². The highest BCUT2D eigenvalue weighted by molar-refractivity contribution is 6.30. The molecule has 0 radical (unpaired) electrons. The van der Waals surface area contributed by atoms with Crippen LogP contribution in [0.4, 0.5) is 0 Å². The van der Waals surface area contributed by atoms with Gasteiger partial charge in [-0.25, -0.2) is 4.98 Å². The lowest BCUT2D eigenvalue weighted by atomic mass is 10.2. The van der Waals surface area contributed by atoms with Crippen molar-refractivity contribution in [3.63, 3.8) is 0 Å². The molecule has 0 fully saturated rings. The zero-order chi connectivity index (χ0) is 12.3. The normalized spacial score (nSPS) is 12.2. The van der Waals surface area contributed by atoms with Crippen LogP contribution in [0.3, 0.4) is 0 Å². The molecule has 0 spiro atoms. The minimum atomic E-state index is -0.542. The molecule has 0 saturated carbocycles. The summed E-state index contributed by atoms with van der Waals surface area (Å²) in [6.07, 6.45) is 1.06. The molecule has 1 aromatic carbocycles. The Kier molecular flexibility index (Phi) is 3.61. The maximum Gasteiger partial charge on any atom is 0.219 e. The van der Waals surface area contributed by atoms with E-state index < -0.39 is 6.10 Å². The molecule has 1 aromatic heterocycles. The Bertz CT molecular complexity index is 514. The number of aliphatic hydroxyl groups excluding tert-OH is 1. The van der Waals surface area contributed by atoms with Crippen LogP contribution in [0, 0.1) is 0 Å². The van der Waals surface area contributed by atoms with E-state index in [-0.39, 0.29) is 0 Å². The number of nitrogens with zero attached hydrogens (tertiary/aromatic N) is 1. The lowest BCUT2D eigenvalue weighted by Gasteiger charge is -2.08. The van der Waals surface area contributed by atoms with Crippen LogP contribution in [0.5, 0.6) is 11.6 Å². The third-order valence-corrected chi connectivity index (χ3v) is 2.49. The maximum atomic E-state index is 9.45. The fourth-order valence-electron chi connectivity index (χ4n) is 1.39. The van der Waals surface area contributed by atoms with Gasteiger partial charge in [-0.05, 0) is 36.8 Å². The number of rotatable bonds is 3. The van der Waals surface area contributed by atoms with Crippen LogP contribution < -0.4 is 4.74 Å². The van der Waals surface area contributed by atoms with Gasteiger partial charge in [-0.2, -0.15) is 0 Å². The number of ether oxygens (including phenoxy) is 1. The van der Waals surface area contributed by atoms with E-state index in [0.717, 1.165) is 5.56 Å². The van der Waals surface area contributed by atoms with E-state index in [1.165, 1.54) is 0 Å². The molecular formula is C13H12ClNO2. The van der Waals surface area contributed by atoms with Gasteiger partial charge in [0.25, 0.3) is 0 Å². The molecule has 0 saturated heterocycles. The molecule has 2 rings (SSSR count). The van der Waals surface area contributed by atoms with E-state index in [2.05, 4.69) is 4.98 Å². The molecule has 0 bridgehead atoms. The third-order valence-electron chi connectivity index (χ3n) is 2.26. The maximum absolute atomic E-state index is 9.45. The van der Waals surface area contributed by atoms with Crippen molar-refractivity contribution in [2.75, 3.05) is 0 Å². The number of halogens is 1. The molecule has 1 N–H and O–H groups in total. The summed E-state index contributed by atoms with van der Waals surface area (Å²) in [5, 5.41) is 10.1. The molecule has 88 valence electrons. The van der Waals surface area contributed by atoms with Crippen molar-refractivity contribution >= 4 is 11.6 Å². The lowest BCUT2D eigenvalue weighted by Crippen LogP contribution is -1.94. The van der Waals surface area contributed by atoms with Crippen LogP contribution >= 0.6 is 11.6 Å². The Balaban J connectivity index is 2.21. The molecule has 17 heavy (non-hydrogen) atoms. The molecule has 0 amide bonds. The minimum Gasteiger partial charge on any atom is -0.439 e. The minimum absolute atomic E-state index is 0.436. The van der Waals surface area contributed by atoms with Crippen LogP contribution in [0.15, 0.2) is 42.6 Å². The van der Waals surface area contributed by atoms with Gasteiger partial charge in [-0.3, -0.25) is 0 Å². The van der Waals surface area contributed by atoms with Gasteiger partial charge in [0, 0.05) is 17.3 Å². The average molecular weight is 250 g/mol. The molecule has 0 aliphatic carbocycles. The molecule has 1 atom stereocenters. The molecule has 3 nitrogen and oxygen atoms in total. The van der Waals surface area contributed by atoms with Crippen molar-refractivity contribution in [2.24, 2.45) is 0 Å². The van der Waals surface area contributed by atoms with Gasteiger partial charge >= 0.3 is 0 Å². The second kappa shape index (κ2) is 5.17. The summed E-state index contributed by atoms with van der Waals surface area (Å²) in [6.45, 7) is 1.69. The quantitative estimate of drug-likeness (QED) is 0.904. The highest BCUT2D eigenvalue weighted by Crippen LogP contribution is 2.24. The fourth-order valence-corrected chi connectivity index (χ4v) is 1.57. The van der Waals surface area contributed by atoms with E-state index in [1.807, 2.05) is 0 Å². The molecule has 0 aliphatic heterocycles. The van der Waals surface area contributed by atoms with Gasteiger partial charge < -0.3 is 9.84 Å². The highest BCUT2D eigenvalue weighted by atomic mass is 35.5. The predicted octanol–water partition coefficient (Wildman–Crippen LogP) is 3.58. The molecule has 0 aliphatic rings. The van der Waals surface area contributed by atoms with Gasteiger partial charge in [-0.1, -0.05) is 17.7 Å². The van der Waals surface area contributed by atoms with E-state index in [0.29, 0.717) is 16.7 Å². The van der Waals surface area contributed by atoms with Crippen LogP contribution in [0.1, 0.15) is 18.6 Å². The summed E-state index contributed by atoms with van der Waals surface area (Å²) in [4.78, 5) is 4.07. The molecule has 2 aromatic rings. The van der Waals surface area contributed by atoms with E-state index in [1.54, 1.807) is 49.5 Å². The summed E-state index contributed by atoms with van der Waals surface area (Å²) in [5.41, 5.74) is 0.761. The van der Waals surface area contributed by atoms with Crippen LogP contribution in [-0.2, 0) is 0 Å². The van der Waals surface area contributed by atoms with Crippen molar-refractivity contribution < 1.29 is 9.84 Å². The smallest absolute Gasteiger partial charge is 0.219 e. The third kappa shape index (κ3) is 3.19. The van der Waals surface area contributed by atoms with Gasteiger partial charge in [0.15, 0.2) is 0 Å². The van der Waals surface area contributed by atoms with Crippen LogP contribution in [0.2, 0.25) is 5.02 Å². The highest BCUT2D eigenvalue weighted by Gasteiger charge is 2.04. The Labute approximate surface area is 105 Å². The first-order chi connectivity index (χ1) is 8.15. The van der Waals surface area contributed by atoms with Gasteiger partial charge in [0.05, 0.1) is 6.10 Å². The standard InChI is InChI=1S/C13H12ClNO2/c1-9(16)10-5-6-15-13(7-10)17-12-4-2-3-11(14)8-12/h2-9,16H,1H3. The predicted molar refractivity (Wildman–Crippen MR) is 66.4 cm³/mol. The number of aliphatic hydroxyl groups is 1. The van der Waals surface area contributed by atoms with E-state index in [4.69, 9.17) is 16.3 Å². The summed E-state index contributed by atoms with van der Waals surface area (Å²) >= 11 is 5.85. The number of hydrogen-bond donors (Lipinski definition) is 1. The molecule has 4 heteroatoms. The number of hydrogen-bond acceptors (Lipinski definition) is 3. The lowest BCUT2D eigenvalue weighted by molar-refractivity contribution is 0.198. The zero-order valence-electron chi connectivity index (χ0n) is 9.30. The first kappa shape index (κ1) is 11.9. The summed E-state index contributed by atoms with van der Waals surface area (Å²) < 4.78 is 5.54. The number of pyridine rings is 1. The Morgan fingerprint density at radius 2 is 2.12 bits per heavy atom. The van der Waals surface area contributed by atoms with Gasteiger partial charge in [0.1, 0.15) is 5.75 Å².